The van der Waals surface area contributed by atoms with Gasteiger partial charge in [-0.05, 0) is 62.8 Å². The molecule has 0 radical (unpaired) electrons. The molecular formula is C12H16Br2N2O3S. The Morgan fingerprint density at radius 1 is 1.30 bits per heavy atom. The first-order valence-electron chi connectivity index (χ1n) is 6.23. The van der Waals surface area contributed by atoms with E-state index in [1.54, 1.807) is 12.1 Å². The molecular weight excluding hydrogens is 412 g/mol. The third kappa shape index (κ3) is 3.54. The van der Waals surface area contributed by atoms with Gasteiger partial charge in [0.1, 0.15) is 4.90 Å². The molecule has 112 valence electrons. The van der Waals surface area contributed by atoms with Gasteiger partial charge in [0, 0.05) is 21.2 Å². The molecule has 1 fully saturated rings. The van der Waals surface area contributed by atoms with E-state index in [0.717, 1.165) is 19.3 Å². The molecule has 0 heterocycles. The highest BCUT2D eigenvalue weighted by Crippen LogP contribution is 2.32. The fourth-order valence-electron chi connectivity index (χ4n) is 2.38. The Morgan fingerprint density at radius 2 is 1.90 bits per heavy atom. The van der Waals surface area contributed by atoms with Crippen LogP contribution < -0.4 is 10.5 Å². The van der Waals surface area contributed by atoms with Crippen LogP contribution in [-0.4, -0.2) is 26.2 Å². The van der Waals surface area contributed by atoms with Gasteiger partial charge in [-0.25, -0.2) is 13.1 Å². The first-order valence-corrected chi connectivity index (χ1v) is 9.30. The van der Waals surface area contributed by atoms with Crippen LogP contribution in [0.5, 0.6) is 0 Å². The number of rotatable bonds is 4. The van der Waals surface area contributed by atoms with E-state index in [-0.39, 0.29) is 17.4 Å². The molecule has 1 aliphatic rings. The van der Waals surface area contributed by atoms with Crippen LogP contribution in [0.4, 0.5) is 5.69 Å². The van der Waals surface area contributed by atoms with E-state index < -0.39 is 16.1 Å². The topological polar surface area (TPSA) is 92.4 Å². The molecule has 0 spiro atoms. The molecule has 2 rings (SSSR count). The van der Waals surface area contributed by atoms with Gasteiger partial charge in [-0.3, -0.25) is 0 Å². The maximum Gasteiger partial charge on any atom is 0.242 e. The average Bonchev–Trinajstić information content (AvgIpc) is 2.70. The van der Waals surface area contributed by atoms with Crippen LogP contribution >= 0.6 is 31.9 Å². The van der Waals surface area contributed by atoms with Gasteiger partial charge in [0.15, 0.2) is 0 Å². The van der Waals surface area contributed by atoms with Crippen molar-refractivity contribution in [2.24, 2.45) is 5.92 Å². The Kier molecular flexibility index (Phi) is 5.12. The van der Waals surface area contributed by atoms with E-state index in [2.05, 4.69) is 36.6 Å². The second-order valence-electron chi connectivity index (χ2n) is 4.92. The van der Waals surface area contributed by atoms with Crippen molar-refractivity contribution in [1.82, 2.24) is 4.72 Å². The number of halogens is 2. The largest absolute Gasteiger partial charge is 0.399 e. The van der Waals surface area contributed by atoms with Gasteiger partial charge >= 0.3 is 0 Å². The molecule has 0 amide bonds. The van der Waals surface area contributed by atoms with E-state index >= 15 is 0 Å². The zero-order valence-corrected chi connectivity index (χ0v) is 14.6. The van der Waals surface area contributed by atoms with Crippen molar-refractivity contribution in [3.63, 3.8) is 0 Å². The summed E-state index contributed by atoms with van der Waals surface area (Å²) in [6.45, 7) is 0.243. The molecule has 0 bridgehead atoms. The number of nitrogens with two attached hydrogens (primary N) is 1. The Balaban J connectivity index is 2.18. The van der Waals surface area contributed by atoms with E-state index in [1.807, 2.05) is 0 Å². The molecule has 8 heteroatoms. The summed E-state index contributed by atoms with van der Waals surface area (Å²) in [4.78, 5) is 0.124. The number of anilines is 1. The fourth-order valence-corrected chi connectivity index (χ4v) is 6.09. The van der Waals surface area contributed by atoms with Gasteiger partial charge in [0.25, 0.3) is 0 Å². The maximum atomic E-state index is 12.4. The van der Waals surface area contributed by atoms with Crippen molar-refractivity contribution in [2.75, 3.05) is 12.3 Å². The minimum Gasteiger partial charge on any atom is -0.399 e. The van der Waals surface area contributed by atoms with E-state index in [0.29, 0.717) is 14.6 Å². The highest BCUT2D eigenvalue weighted by molar-refractivity contribution is 9.11. The first-order chi connectivity index (χ1) is 9.31. The number of hydrogen-bond acceptors (Lipinski definition) is 4. The van der Waals surface area contributed by atoms with Crippen LogP contribution in [-0.2, 0) is 10.0 Å². The van der Waals surface area contributed by atoms with E-state index in [9.17, 15) is 13.5 Å². The van der Waals surface area contributed by atoms with E-state index in [4.69, 9.17) is 5.73 Å². The highest BCUT2D eigenvalue weighted by Gasteiger charge is 2.28. The molecule has 1 aromatic rings. The highest BCUT2D eigenvalue weighted by atomic mass is 79.9. The quantitative estimate of drug-likeness (QED) is 0.642. The number of benzene rings is 1. The summed E-state index contributed by atoms with van der Waals surface area (Å²) in [6, 6.07) is 3.09. The normalized spacial score (nSPS) is 23.1. The van der Waals surface area contributed by atoms with Crippen molar-refractivity contribution < 1.29 is 13.5 Å². The number of aliphatic hydroxyl groups excluding tert-OH is 1. The zero-order valence-electron chi connectivity index (χ0n) is 10.6. The third-order valence-corrected chi connectivity index (χ3v) is 6.74. The van der Waals surface area contributed by atoms with Gasteiger partial charge in [0.05, 0.1) is 6.10 Å². The van der Waals surface area contributed by atoms with Crippen LogP contribution in [0.3, 0.4) is 0 Å². The number of nitrogen functional groups attached to an aromatic ring is 1. The summed E-state index contributed by atoms with van der Waals surface area (Å²) in [7, 11) is -3.66. The van der Waals surface area contributed by atoms with Crippen molar-refractivity contribution >= 4 is 47.6 Å². The summed E-state index contributed by atoms with van der Waals surface area (Å²) in [6.07, 6.45) is 2.09. The molecule has 1 saturated carbocycles. The van der Waals surface area contributed by atoms with Gasteiger partial charge < -0.3 is 10.8 Å². The molecule has 0 aromatic heterocycles. The van der Waals surface area contributed by atoms with Crippen LogP contribution in [0, 0.1) is 5.92 Å². The van der Waals surface area contributed by atoms with Crippen molar-refractivity contribution in [3.8, 4) is 0 Å². The molecule has 2 unspecified atom stereocenters. The zero-order chi connectivity index (χ0) is 14.9. The Labute approximate surface area is 135 Å². The molecule has 1 aromatic carbocycles. The smallest absolute Gasteiger partial charge is 0.242 e. The average molecular weight is 428 g/mol. The minimum absolute atomic E-state index is 0.0175. The predicted molar refractivity (Wildman–Crippen MR) is 84.8 cm³/mol. The van der Waals surface area contributed by atoms with Crippen LogP contribution in [0.25, 0.3) is 0 Å². The van der Waals surface area contributed by atoms with Gasteiger partial charge in [-0.15, -0.1) is 0 Å². The summed E-state index contributed by atoms with van der Waals surface area (Å²) in [5, 5.41) is 9.73. The van der Waals surface area contributed by atoms with Crippen LogP contribution in [0.15, 0.2) is 26.0 Å². The lowest BCUT2D eigenvalue weighted by atomic mass is 10.1. The van der Waals surface area contributed by atoms with Gasteiger partial charge in [-0.2, -0.15) is 0 Å². The predicted octanol–water partition coefficient (Wildman–Crippen LogP) is 2.23. The summed E-state index contributed by atoms with van der Waals surface area (Å²) < 4.78 is 28.1. The van der Waals surface area contributed by atoms with Gasteiger partial charge in [0.2, 0.25) is 10.0 Å². The molecule has 0 saturated heterocycles. The Morgan fingerprint density at radius 3 is 2.40 bits per heavy atom. The molecule has 20 heavy (non-hydrogen) atoms. The monoisotopic (exact) mass is 426 g/mol. The second kappa shape index (κ2) is 6.31. The third-order valence-electron chi connectivity index (χ3n) is 3.44. The standard InChI is InChI=1S/C12H16Br2N2O3S/c13-9-4-8(15)5-10(14)12(9)20(18,19)16-6-7-2-1-3-11(7)17/h4-5,7,11,16-17H,1-3,6,15H2. The lowest BCUT2D eigenvalue weighted by molar-refractivity contribution is 0.134. The van der Waals surface area contributed by atoms with Crippen molar-refractivity contribution in [3.05, 3.63) is 21.1 Å². The maximum absolute atomic E-state index is 12.4. The first kappa shape index (κ1) is 16.2. The van der Waals surface area contributed by atoms with Crippen molar-refractivity contribution in [1.29, 1.82) is 0 Å². The number of nitrogens with one attached hydrogen (secondary N) is 1. The minimum atomic E-state index is -3.66. The summed E-state index contributed by atoms with van der Waals surface area (Å²) in [5.41, 5.74) is 6.12. The Hall–Kier alpha value is -0.150. The lowest BCUT2D eigenvalue weighted by Gasteiger charge is -2.16. The van der Waals surface area contributed by atoms with Gasteiger partial charge in [-0.1, -0.05) is 6.42 Å². The van der Waals surface area contributed by atoms with Crippen LogP contribution in [0.1, 0.15) is 19.3 Å². The summed E-state index contributed by atoms with van der Waals surface area (Å²) in [5.74, 6) is -0.0175. The number of hydrogen-bond donors (Lipinski definition) is 3. The molecule has 2 atom stereocenters. The summed E-state index contributed by atoms with van der Waals surface area (Å²) >= 11 is 6.44. The molecule has 1 aliphatic carbocycles. The van der Waals surface area contributed by atoms with Crippen LogP contribution in [0.2, 0.25) is 0 Å². The number of aliphatic hydroxyl groups is 1. The SMILES string of the molecule is Nc1cc(Br)c(S(=O)(=O)NCC2CCCC2O)c(Br)c1. The van der Waals surface area contributed by atoms with E-state index in [1.165, 1.54) is 0 Å². The molecule has 5 nitrogen and oxygen atoms in total. The fraction of sp³-hybridized carbons (Fsp3) is 0.500. The second-order valence-corrected chi connectivity index (χ2v) is 8.34. The molecule has 0 aliphatic heterocycles. The molecule has 4 N–H and O–H groups in total. The lowest BCUT2D eigenvalue weighted by Crippen LogP contribution is -2.32. The Bertz CT molecular complexity index is 584. The number of sulfonamides is 1. The van der Waals surface area contributed by atoms with Crippen molar-refractivity contribution in [2.45, 2.75) is 30.3 Å².